The van der Waals surface area contributed by atoms with Crippen LogP contribution in [0.5, 0.6) is 5.75 Å². The van der Waals surface area contributed by atoms with E-state index in [0.717, 1.165) is 45.9 Å². The van der Waals surface area contributed by atoms with Crippen LogP contribution in [0, 0.1) is 10.1 Å². The number of nitrogens with two attached hydrogens (primary N) is 1. The van der Waals surface area contributed by atoms with Gasteiger partial charge in [0.15, 0.2) is 0 Å². The molecule has 0 amide bonds. The van der Waals surface area contributed by atoms with E-state index in [1.54, 1.807) is 17.0 Å². The van der Waals surface area contributed by atoms with Gasteiger partial charge in [0, 0.05) is 6.07 Å². The third-order valence-electron chi connectivity index (χ3n) is 3.52. The van der Waals surface area contributed by atoms with E-state index in [1.165, 1.54) is 12.1 Å². The molecule has 0 aliphatic carbocycles. The first kappa shape index (κ1) is 15.7. The average Bonchev–Trinajstić information content (AvgIpc) is 2.52. The van der Waals surface area contributed by atoms with E-state index >= 15 is 0 Å². The molecule has 0 spiro atoms. The number of nitrogens with zero attached hydrogens (tertiary/aromatic N) is 1. The molecule has 1 fully saturated rings. The maximum Gasteiger partial charge on any atom is 0.273 e. The lowest BCUT2D eigenvalue weighted by atomic mass is 10.3. The number of morpholine rings is 1. The molecule has 0 unspecified atom stereocenters. The summed E-state index contributed by atoms with van der Waals surface area (Å²) in [7, 11) is 0. The molecule has 7 nitrogen and oxygen atoms in total. The minimum absolute atomic E-state index is 0.0624. The van der Waals surface area contributed by atoms with Crippen LogP contribution in [0.1, 0.15) is 0 Å². The Kier molecular flexibility index (Phi) is 6.39. The molecule has 21 heavy (non-hydrogen) atoms. The van der Waals surface area contributed by atoms with Crippen LogP contribution < -0.4 is 15.0 Å². The summed E-state index contributed by atoms with van der Waals surface area (Å²) in [6, 6.07) is 6.30. The first-order valence-electron chi connectivity index (χ1n) is 7.36. The fourth-order valence-electron chi connectivity index (χ4n) is 2.31. The standard InChI is InChI=1S/C14H21N3O4/c18-17(19)13-2-1-3-14(12-13)21-9-5-15-4-6-16-7-10-20-11-8-16/h1-3,12,15H,4-11H2/p+2. The molecule has 0 atom stereocenters. The van der Waals surface area contributed by atoms with Gasteiger partial charge in [-0.1, -0.05) is 6.07 Å². The van der Waals surface area contributed by atoms with Gasteiger partial charge in [-0.3, -0.25) is 10.1 Å². The Morgan fingerprint density at radius 1 is 1.33 bits per heavy atom. The number of nitrogens with one attached hydrogen (secondary N) is 1. The molecule has 1 aromatic carbocycles. The van der Waals surface area contributed by atoms with Gasteiger partial charge in [-0.25, -0.2) is 0 Å². The summed E-state index contributed by atoms with van der Waals surface area (Å²) in [4.78, 5) is 11.8. The number of non-ortho nitro benzene ring substituents is 1. The van der Waals surface area contributed by atoms with Crippen LogP contribution in [0.25, 0.3) is 0 Å². The normalized spacial score (nSPS) is 15.8. The molecule has 0 radical (unpaired) electrons. The van der Waals surface area contributed by atoms with Gasteiger partial charge in [-0.2, -0.15) is 0 Å². The van der Waals surface area contributed by atoms with E-state index in [4.69, 9.17) is 9.47 Å². The highest BCUT2D eigenvalue weighted by Crippen LogP contribution is 2.18. The third-order valence-corrected chi connectivity index (χ3v) is 3.52. The van der Waals surface area contributed by atoms with Crippen molar-refractivity contribution in [3.05, 3.63) is 34.4 Å². The van der Waals surface area contributed by atoms with Crippen molar-refractivity contribution in [3.8, 4) is 5.75 Å². The quantitative estimate of drug-likeness (QED) is 0.346. The Morgan fingerprint density at radius 2 is 2.14 bits per heavy atom. The molecule has 1 aromatic rings. The van der Waals surface area contributed by atoms with Crippen molar-refractivity contribution in [2.45, 2.75) is 0 Å². The largest absolute Gasteiger partial charge is 0.487 e. The molecule has 0 saturated carbocycles. The fraction of sp³-hybridized carbons (Fsp3) is 0.571. The molecule has 0 bridgehead atoms. The van der Waals surface area contributed by atoms with Crippen LogP contribution in [0.4, 0.5) is 5.69 Å². The first-order chi connectivity index (χ1) is 10.3. The molecule has 116 valence electrons. The van der Waals surface area contributed by atoms with E-state index in [-0.39, 0.29) is 5.69 Å². The summed E-state index contributed by atoms with van der Waals surface area (Å²) >= 11 is 0. The van der Waals surface area contributed by atoms with E-state index in [9.17, 15) is 10.1 Å². The molecule has 1 saturated heterocycles. The number of ether oxygens (including phenoxy) is 2. The Balaban J connectivity index is 1.57. The van der Waals surface area contributed by atoms with Gasteiger partial charge in [0.2, 0.25) is 0 Å². The highest BCUT2D eigenvalue weighted by Gasteiger charge is 2.13. The summed E-state index contributed by atoms with van der Waals surface area (Å²) in [6.07, 6.45) is 0. The SMILES string of the molecule is O=[N+]([O-])c1cccc(OCC[NH2+]CC[NH+]2CCOCC2)c1. The maximum atomic E-state index is 10.7. The summed E-state index contributed by atoms with van der Waals surface area (Å²) in [6.45, 7) is 7.53. The second-order valence-corrected chi connectivity index (χ2v) is 5.08. The second kappa shape index (κ2) is 8.56. The number of quaternary nitrogens is 2. The van der Waals surface area contributed by atoms with E-state index in [2.05, 4.69) is 5.32 Å². The highest BCUT2D eigenvalue weighted by atomic mass is 16.6. The smallest absolute Gasteiger partial charge is 0.273 e. The summed E-state index contributed by atoms with van der Waals surface area (Å²) in [5, 5.41) is 12.9. The Morgan fingerprint density at radius 3 is 2.90 bits per heavy atom. The zero-order chi connectivity index (χ0) is 14.9. The van der Waals surface area contributed by atoms with E-state index in [0.29, 0.717) is 12.4 Å². The summed E-state index contributed by atoms with van der Waals surface area (Å²) in [5.41, 5.74) is 0.0624. The molecular weight excluding hydrogens is 274 g/mol. The van der Waals surface area contributed by atoms with Crippen LogP contribution in [-0.2, 0) is 4.74 Å². The van der Waals surface area contributed by atoms with Crippen LogP contribution in [0.15, 0.2) is 24.3 Å². The van der Waals surface area contributed by atoms with E-state index < -0.39 is 4.92 Å². The zero-order valence-electron chi connectivity index (χ0n) is 12.1. The molecule has 1 aliphatic heterocycles. The summed E-state index contributed by atoms with van der Waals surface area (Å²) in [5.74, 6) is 0.552. The number of rotatable bonds is 8. The van der Waals surface area contributed by atoms with E-state index in [1.807, 2.05) is 0 Å². The van der Waals surface area contributed by atoms with Crippen LogP contribution >= 0.6 is 0 Å². The highest BCUT2D eigenvalue weighted by molar-refractivity contribution is 5.37. The molecule has 0 aromatic heterocycles. The molecule has 2 rings (SSSR count). The van der Waals surface area contributed by atoms with Crippen molar-refractivity contribution < 1.29 is 24.6 Å². The lowest BCUT2D eigenvalue weighted by molar-refractivity contribution is -0.919. The number of benzene rings is 1. The number of hydrogen-bond donors (Lipinski definition) is 2. The van der Waals surface area contributed by atoms with Crippen molar-refractivity contribution >= 4 is 5.69 Å². The van der Waals surface area contributed by atoms with Crippen molar-refractivity contribution in [1.29, 1.82) is 0 Å². The van der Waals surface area contributed by atoms with Gasteiger partial charge in [0.1, 0.15) is 45.1 Å². The maximum absolute atomic E-state index is 10.7. The van der Waals surface area contributed by atoms with Gasteiger partial charge in [-0.15, -0.1) is 0 Å². The predicted molar refractivity (Wildman–Crippen MR) is 76.6 cm³/mol. The Hall–Kier alpha value is -1.70. The minimum Gasteiger partial charge on any atom is -0.487 e. The second-order valence-electron chi connectivity index (χ2n) is 5.08. The molecule has 7 heteroatoms. The monoisotopic (exact) mass is 297 g/mol. The van der Waals surface area contributed by atoms with Gasteiger partial charge in [0.25, 0.3) is 5.69 Å². The third kappa shape index (κ3) is 5.66. The molecule has 1 aliphatic rings. The van der Waals surface area contributed by atoms with Crippen molar-refractivity contribution in [1.82, 2.24) is 0 Å². The lowest BCUT2D eigenvalue weighted by Gasteiger charge is -2.22. The van der Waals surface area contributed by atoms with Crippen LogP contribution in [0.2, 0.25) is 0 Å². The molecule has 1 heterocycles. The molecule has 3 N–H and O–H groups in total. The topological polar surface area (TPSA) is 82.7 Å². The predicted octanol–water partition coefficient (Wildman–Crippen LogP) is -1.55. The Labute approximate surface area is 124 Å². The summed E-state index contributed by atoms with van der Waals surface area (Å²) < 4.78 is 10.8. The first-order valence-corrected chi connectivity index (χ1v) is 7.36. The van der Waals surface area contributed by atoms with Gasteiger partial charge >= 0.3 is 0 Å². The van der Waals surface area contributed by atoms with Gasteiger partial charge in [0.05, 0.1) is 24.2 Å². The average molecular weight is 297 g/mol. The van der Waals surface area contributed by atoms with Gasteiger partial charge in [-0.05, 0) is 6.07 Å². The lowest BCUT2D eigenvalue weighted by Crippen LogP contribution is -3.16. The number of nitro groups is 1. The number of nitro benzene ring substituents is 1. The molecular formula is C14H23N3O4+2. The van der Waals surface area contributed by atoms with Crippen molar-refractivity contribution in [2.75, 3.05) is 52.5 Å². The zero-order valence-corrected chi connectivity index (χ0v) is 12.1. The van der Waals surface area contributed by atoms with Crippen LogP contribution in [-0.4, -0.2) is 57.5 Å². The van der Waals surface area contributed by atoms with Crippen LogP contribution in [0.3, 0.4) is 0 Å². The fourth-order valence-corrected chi connectivity index (χ4v) is 2.31. The van der Waals surface area contributed by atoms with Crippen molar-refractivity contribution in [2.24, 2.45) is 0 Å². The number of hydrogen-bond acceptors (Lipinski definition) is 4. The van der Waals surface area contributed by atoms with Crippen molar-refractivity contribution in [3.63, 3.8) is 0 Å². The van der Waals surface area contributed by atoms with Gasteiger partial charge < -0.3 is 19.7 Å². The minimum atomic E-state index is -0.413. The Bertz CT molecular complexity index is 450.